The summed E-state index contributed by atoms with van der Waals surface area (Å²) in [5.74, 6) is -1.48. The second-order valence-electron chi connectivity index (χ2n) is 7.41. The van der Waals surface area contributed by atoms with E-state index < -0.39 is 11.6 Å². The van der Waals surface area contributed by atoms with Crippen LogP contribution in [-0.4, -0.2) is 59.5 Å². The van der Waals surface area contributed by atoms with E-state index in [-0.39, 0.29) is 30.3 Å². The molecule has 0 aromatic heterocycles. The SMILES string of the molecule is O=C1CCC2(CCCN(C(=O)Cc3cc(F)cc(F)c3)C2)CN1CCO. The maximum atomic E-state index is 13.3. The molecule has 26 heavy (non-hydrogen) atoms. The molecule has 2 heterocycles. The molecule has 5 nitrogen and oxygen atoms in total. The molecule has 2 amide bonds. The number of aliphatic hydroxyl groups excluding tert-OH is 1. The number of amides is 2. The first-order valence-corrected chi connectivity index (χ1v) is 9.02. The maximum Gasteiger partial charge on any atom is 0.227 e. The summed E-state index contributed by atoms with van der Waals surface area (Å²) in [4.78, 5) is 28.1. The van der Waals surface area contributed by atoms with E-state index in [1.165, 1.54) is 12.1 Å². The summed E-state index contributed by atoms with van der Waals surface area (Å²) in [6.45, 7) is 1.95. The molecule has 0 bridgehead atoms. The van der Waals surface area contributed by atoms with Crippen molar-refractivity contribution in [3.8, 4) is 0 Å². The van der Waals surface area contributed by atoms with E-state index >= 15 is 0 Å². The van der Waals surface area contributed by atoms with Crippen LogP contribution in [0, 0.1) is 17.0 Å². The summed E-state index contributed by atoms with van der Waals surface area (Å²) in [5, 5.41) is 9.15. The molecule has 0 aliphatic carbocycles. The molecule has 7 heteroatoms. The lowest BCUT2D eigenvalue weighted by Gasteiger charge is -2.48. The molecular weight excluding hydrogens is 342 g/mol. The van der Waals surface area contributed by atoms with Crippen molar-refractivity contribution in [2.24, 2.45) is 5.41 Å². The summed E-state index contributed by atoms with van der Waals surface area (Å²) in [6.07, 6.45) is 2.89. The smallest absolute Gasteiger partial charge is 0.227 e. The van der Waals surface area contributed by atoms with Crippen LogP contribution in [-0.2, 0) is 16.0 Å². The lowest BCUT2D eigenvalue weighted by atomic mass is 9.73. The number of carbonyl (C=O) groups is 2. The minimum absolute atomic E-state index is 0.0377. The molecule has 2 aliphatic heterocycles. The molecule has 1 unspecified atom stereocenters. The molecule has 1 atom stereocenters. The summed E-state index contributed by atoms with van der Waals surface area (Å²) >= 11 is 0. The molecule has 2 fully saturated rings. The van der Waals surface area contributed by atoms with Crippen LogP contribution in [0.25, 0.3) is 0 Å². The Balaban J connectivity index is 1.67. The van der Waals surface area contributed by atoms with Crippen molar-refractivity contribution in [2.45, 2.75) is 32.1 Å². The monoisotopic (exact) mass is 366 g/mol. The first-order valence-electron chi connectivity index (χ1n) is 9.02. The van der Waals surface area contributed by atoms with E-state index in [4.69, 9.17) is 5.11 Å². The summed E-state index contributed by atoms with van der Waals surface area (Å²) in [7, 11) is 0. The quantitative estimate of drug-likeness (QED) is 0.883. The fourth-order valence-corrected chi connectivity index (χ4v) is 4.18. The molecule has 1 N–H and O–H groups in total. The average molecular weight is 366 g/mol. The fourth-order valence-electron chi connectivity index (χ4n) is 4.18. The van der Waals surface area contributed by atoms with Gasteiger partial charge >= 0.3 is 0 Å². The van der Waals surface area contributed by atoms with Crippen LogP contribution in [0.5, 0.6) is 0 Å². The van der Waals surface area contributed by atoms with E-state index in [1.807, 2.05) is 0 Å². The Morgan fingerprint density at radius 2 is 1.88 bits per heavy atom. The van der Waals surface area contributed by atoms with Gasteiger partial charge < -0.3 is 14.9 Å². The Bertz CT molecular complexity index is 677. The van der Waals surface area contributed by atoms with Gasteiger partial charge in [0, 0.05) is 44.1 Å². The number of carbonyl (C=O) groups excluding carboxylic acids is 2. The fraction of sp³-hybridized carbons (Fsp3) is 0.579. The second-order valence-corrected chi connectivity index (χ2v) is 7.41. The zero-order valence-electron chi connectivity index (χ0n) is 14.7. The summed E-state index contributed by atoms with van der Waals surface area (Å²) < 4.78 is 26.7. The number of likely N-dealkylation sites (tertiary alicyclic amines) is 2. The highest BCUT2D eigenvalue weighted by molar-refractivity contribution is 5.79. The number of β-amino-alcohol motifs (C(OH)–C–C–N with tert-alkyl or cyclic N) is 1. The Kier molecular flexibility index (Phi) is 5.55. The van der Waals surface area contributed by atoms with Gasteiger partial charge in [0.1, 0.15) is 11.6 Å². The Morgan fingerprint density at radius 3 is 2.58 bits per heavy atom. The third kappa shape index (κ3) is 4.20. The molecule has 0 saturated carbocycles. The first kappa shape index (κ1) is 18.8. The Labute approximate surface area is 151 Å². The van der Waals surface area contributed by atoms with Gasteiger partial charge in [0.15, 0.2) is 0 Å². The maximum absolute atomic E-state index is 13.3. The number of benzene rings is 1. The lowest BCUT2D eigenvalue weighted by Crippen LogP contribution is -2.55. The van der Waals surface area contributed by atoms with E-state index in [2.05, 4.69) is 0 Å². The minimum atomic E-state index is -0.687. The predicted molar refractivity (Wildman–Crippen MR) is 91.2 cm³/mol. The third-order valence-electron chi connectivity index (χ3n) is 5.41. The van der Waals surface area contributed by atoms with Gasteiger partial charge in [-0.2, -0.15) is 0 Å². The van der Waals surface area contributed by atoms with Crippen molar-refractivity contribution in [3.05, 3.63) is 35.4 Å². The first-order chi connectivity index (χ1) is 12.4. The Morgan fingerprint density at radius 1 is 1.15 bits per heavy atom. The standard InChI is InChI=1S/C19H24F2N2O3/c20-15-8-14(9-16(21)11-15)10-18(26)22-5-1-3-19(12-22)4-2-17(25)23(13-19)6-7-24/h8-9,11,24H,1-7,10,12-13H2. The molecule has 3 rings (SSSR count). The molecule has 2 saturated heterocycles. The lowest BCUT2D eigenvalue weighted by molar-refractivity contribution is -0.143. The van der Waals surface area contributed by atoms with Crippen LogP contribution in [0.3, 0.4) is 0 Å². The van der Waals surface area contributed by atoms with Gasteiger partial charge in [0.05, 0.1) is 13.0 Å². The highest BCUT2D eigenvalue weighted by atomic mass is 19.1. The predicted octanol–water partition coefficient (Wildman–Crippen LogP) is 1.73. The van der Waals surface area contributed by atoms with Crippen molar-refractivity contribution < 1.29 is 23.5 Å². The third-order valence-corrected chi connectivity index (χ3v) is 5.41. The normalized spacial score (nSPS) is 23.6. The molecule has 1 aromatic rings. The van der Waals surface area contributed by atoms with E-state index in [9.17, 15) is 18.4 Å². The summed E-state index contributed by atoms with van der Waals surface area (Å²) in [5.41, 5.74) is 0.178. The van der Waals surface area contributed by atoms with Crippen molar-refractivity contribution in [1.82, 2.24) is 9.80 Å². The van der Waals surface area contributed by atoms with Gasteiger partial charge in [-0.15, -0.1) is 0 Å². The second kappa shape index (κ2) is 7.70. The number of rotatable bonds is 4. The molecule has 1 spiro atoms. The van der Waals surface area contributed by atoms with Crippen molar-refractivity contribution in [2.75, 3.05) is 32.8 Å². The largest absolute Gasteiger partial charge is 0.395 e. The topological polar surface area (TPSA) is 60.9 Å². The number of hydrogen-bond donors (Lipinski definition) is 1. The number of aliphatic hydroxyl groups is 1. The zero-order valence-corrected chi connectivity index (χ0v) is 14.7. The number of halogens is 2. The van der Waals surface area contributed by atoms with E-state index in [1.54, 1.807) is 9.80 Å². The molecule has 142 valence electrons. The molecule has 2 aliphatic rings. The molecule has 0 radical (unpaired) electrons. The van der Waals surface area contributed by atoms with E-state index in [0.717, 1.165) is 25.3 Å². The van der Waals surface area contributed by atoms with Gasteiger partial charge in [-0.1, -0.05) is 0 Å². The highest BCUT2D eigenvalue weighted by Crippen LogP contribution is 2.39. The van der Waals surface area contributed by atoms with Crippen molar-refractivity contribution in [3.63, 3.8) is 0 Å². The zero-order chi connectivity index (χ0) is 18.7. The van der Waals surface area contributed by atoms with Crippen LogP contribution in [0.4, 0.5) is 8.78 Å². The van der Waals surface area contributed by atoms with Crippen LogP contribution < -0.4 is 0 Å². The van der Waals surface area contributed by atoms with Crippen molar-refractivity contribution in [1.29, 1.82) is 0 Å². The van der Waals surface area contributed by atoms with Crippen LogP contribution in [0.1, 0.15) is 31.2 Å². The van der Waals surface area contributed by atoms with Gasteiger partial charge in [-0.05, 0) is 37.0 Å². The molecule has 1 aromatic carbocycles. The van der Waals surface area contributed by atoms with Crippen LogP contribution in [0.15, 0.2) is 18.2 Å². The summed E-state index contributed by atoms with van der Waals surface area (Å²) in [6, 6.07) is 3.16. The average Bonchev–Trinajstić information content (AvgIpc) is 2.58. The van der Waals surface area contributed by atoms with Crippen LogP contribution >= 0.6 is 0 Å². The Hall–Kier alpha value is -2.02. The van der Waals surface area contributed by atoms with Gasteiger partial charge in [0.25, 0.3) is 0 Å². The number of hydrogen-bond acceptors (Lipinski definition) is 3. The van der Waals surface area contributed by atoms with Gasteiger partial charge in [-0.25, -0.2) is 8.78 Å². The number of nitrogens with zero attached hydrogens (tertiary/aromatic N) is 2. The van der Waals surface area contributed by atoms with Gasteiger partial charge in [0.2, 0.25) is 11.8 Å². The van der Waals surface area contributed by atoms with Crippen molar-refractivity contribution >= 4 is 11.8 Å². The van der Waals surface area contributed by atoms with E-state index in [0.29, 0.717) is 38.2 Å². The molecular formula is C19H24F2N2O3. The number of piperidine rings is 2. The minimum Gasteiger partial charge on any atom is -0.395 e. The highest BCUT2D eigenvalue weighted by Gasteiger charge is 2.42. The van der Waals surface area contributed by atoms with Gasteiger partial charge in [-0.3, -0.25) is 9.59 Å². The van der Waals surface area contributed by atoms with Crippen LogP contribution in [0.2, 0.25) is 0 Å².